The second-order valence-electron chi connectivity index (χ2n) is 6.38. The number of carbonyl (C=O) groups excluding carboxylic acids is 1. The van der Waals surface area contributed by atoms with E-state index >= 15 is 0 Å². The molecule has 0 unspecified atom stereocenters. The molecule has 3 aromatic carbocycles. The Bertz CT molecular complexity index is 961. The maximum Gasteiger partial charge on any atom is 0.315 e. The molecule has 3 rings (SSSR count). The Kier molecular flexibility index (Phi) is 8.00. The molecule has 0 aliphatic rings. The molecule has 0 spiro atoms. The van der Waals surface area contributed by atoms with Gasteiger partial charge in [-0.3, -0.25) is 4.79 Å². The first-order valence-electron chi connectivity index (χ1n) is 9.09. The van der Waals surface area contributed by atoms with E-state index in [1.807, 2.05) is 48.5 Å². The Labute approximate surface area is 188 Å². The largest absolute Gasteiger partial charge is 0.426 e. The third-order valence-corrected chi connectivity index (χ3v) is 5.21. The molecule has 0 amide bonds. The third-order valence-electron chi connectivity index (χ3n) is 4.29. The van der Waals surface area contributed by atoms with Gasteiger partial charge in [0, 0.05) is 5.69 Å². The average molecular weight is 441 g/mol. The van der Waals surface area contributed by atoms with Crippen LogP contribution >= 0.6 is 23.2 Å². The third kappa shape index (κ3) is 6.24. The van der Waals surface area contributed by atoms with Gasteiger partial charge in [-0.1, -0.05) is 59.6 Å². The van der Waals surface area contributed by atoms with Crippen LogP contribution in [-0.4, -0.2) is 29.0 Å². The fourth-order valence-corrected chi connectivity index (χ4v) is 3.45. The van der Waals surface area contributed by atoms with Gasteiger partial charge in [-0.15, -0.1) is 0 Å². The van der Waals surface area contributed by atoms with Crippen LogP contribution in [0.2, 0.25) is 10.0 Å². The predicted molar refractivity (Wildman–Crippen MR) is 119 cm³/mol. The molecule has 2 N–H and O–H groups in total. The summed E-state index contributed by atoms with van der Waals surface area (Å²) in [4.78, 5) is 12.5. The molecule has 0 saturated heterocycles. The number of ether oxygens (including phenoxy) is 1. The van der Waals surface area contributed by atoms with Crippen LogP contribution in [0.25, 0.3) is 0 Å². The highest BCUT2D eigenvalue weighted by Gasteiger charge is 2.13. The van der Waals surface area contributed by atoms with E-state index < -0.39 is 0 Å². The fraction of sp³-hybridized carbons (Fsp3) is 0.136. The Hall–Kier alpha value is -2.00. The number of anilines is 2. The predicted octanol–water partition coefficient (Wildman–Crippen LogP) is 5.10. The van der Waals surface area contributed by atoms with Crippen molar-refractivity contribution >= 4 is 57.1 Å². The second-order valence-corrected chi connectivity index (χ2v) is 7.60. The van der Waals surface area contributed by atoms with Crippen LogP contribution in [0.15, 0.2) is 66.7 Å². The molecular formula is C22H19AlCl2N2O2. The Morgan fingerprint density at radius 2 is 1.62 bits per heavy atom. The fourth-order valence-electron chi connectivity index (χ4n) is 2.81. The summed E-state index contributed by atoms with van der Waals surface area (Å²) in [6.45, 7) is 0.864. The zero-order valence-electron chi connectivity index (χ0n) is 15.6. The summed E-state index contributed by atoms with van der Waals surface area (Å²) in [6, 6.07) is 20.3. The maximum absolute atomic E-state index is 12.5. The SMILES string of the molecule is O=C(Cc1ccccc1Nc1c(Cl)cccc1Cl)Oc1ccc(CC[NH][Al])cc1. The maximum atomic E-state index is 12.5. The van der Waals surface area contributed by atoms with Gasteiger partial charge in [0.05, 0.1) is 22.2 Å². The monoisotopic (exact) mass is 440 g/mol. The van der Waals surface area contributed by atoms with Crippen LogP contribution in [0.3, 0.4) is 0 Å². The van der Waals surface area contributed by atoms with Gasteiger partial charge in [0.1, 0.15) is 5.75 Å². The topological polar surface area (TPSA) is 50.4 Å². The molecule has 4 nitrogen and oxygen atoms in total. The first-order valence-corrected chi connectivity index (χ1v) is 10.4. The number of carbonyl (C=O) groups is 1. The van der Waals surface area contributed by atoms with E-state index in [0.29, 0.717) is 21.5 Å². The smallest absolute Gasteiger partial charge is 0.315 e. The van der Waals surface area contributed by atoms with Crippen LogP contribution in [0.1, 0.15) is 11.1 Å². The van der Waals surface area contributed by atoms with Crippen molar-refractivity contribution in [2.24, 2.45) is 0 Å². The van der Waals surface area contributed by atoms with Gasteiger partial charge in [0.25, 0.3) is 16.5 Å². The molecule has 0 fully saturated rings. The number of hydrogen-bond donors (Lipinski definition) is 2. The number of esters is 1. The lowest BCUT2D eigenvalue weighted by atomic mass is 10.1. The summed E-state index contributed by atoms with van der Waals surface area (Å²) in [6.07, 6.45) is 1.02. The highest BCUT2D eigenvalue weighted by Crippen LogP contribution is 2.33. The molecule has 0 saturated carbocycles. The lowest BCUT2D eigenvalue weighted by Crippen LogP contribution is -2.13. The molecule has 0 atom stereocenters. The van der Waals surface area contributed by atoms with E-state index in [9.17, 15) is 4.79 Å². The summed E-state index contributed by atoms with van der Waals surface area (Å²) in [5.41, 5.74) is 3.31. The van der Waals surface area contributed by atoms with E-state index in [4.69, 9.17) is 27.9 Å². The number of hydrogen-bond acceptors (Lipinski definition) is 4. The summed E-state index contributed by atoms with van der Waals surface area (Å²) >= 11 is 15.0. The van der Waals surface area contributed by atoms with Crippen molar-refractivity contribution in [3.05, 3.63) is 87.9 Å². The average Bonchev–Trinajstić information content (AvgIpc) is 2.71. The van der Waals surface area contributed by atoms with E-state index in [1.54, 1.807) is 18.2 Å². The minimum atomic E-state index is -0.344. The van der Waals surface area contributed by atoms with Crippen molar-refractivity contribution in [2.75, 3.05) is 11.9 Å². The molecule has 0 bridgehead atoms. The highest BCUT2D eigenvalue weighted by atomic mass is 35.5. The minimum Gasteiger partial charge on any atom is -0.426 e. The first kappa shape index (κ1) is 21.7. The van der Waals surface area contributed by atoms with Crippen molar-refractivity contribution in [3.8, 4) is 5.75 Å². The standard InChI is InChI=1S/C22H19Cl2N2O2.Al/c23-18-5-3-6-19(24)22(18)26-20-7-2-1-4-16(20)14-21(27)28-17-10-8-15(9-11-17)12-13-25;/h1-11,25-26H,12-14H2;/q-1;+1. The summed E-state index contributed by atoms with van der Waals surface area (Å²) < 4.78 is 8.52. The van der Waals surface area contributed by atoms with E-state index in [2.05, 4.69) is 26.1 Å². The van der Waals surface area contributed by atoms with Gasteiger partial charge in [-0.05, 0) is 54.4 Å². The number of benzene rings is 3. The van der Waals surface area contributed by atoms with Gasteiger partial charge < -0.3 is 14.4 Å². The normalized spacial score (nSPS) is 10.6. The zero-order valence-corrected chi connectivity index (χ0v) is 18.3. The van der Waals surface area contributed by atoms with Crippen molar-refractivity contribution in [1.29, 1.82) is 0 Å². The van der Waals surface area contributed by atoms with Gasteiger partial charge in [0.15, 0.2) is 0 Å². The van der Waals surface area contributed by atoms with Crippen molar-refractivity contribution in [2.45, 2.75) is 12.8 Å². The molecule has 0 aromatic heterocycles. The second kappa shape index (κ2) is 10.7. The first-order chi connectivity index (χ1) is 14.1. The summed E-state index contributed by atoms with van der Waals surface area (Å²) in [5.74, 6) is 0.182. The quantitative estimate of drug-likeness (QED) is 0.290. The molecule has 29 heavy (non-hydrogen) atoms. The highest BCUT2D eigenvalue weighted by molar-refractivity contribution is 6.39. The molecule has 7 heteroatoms. The van der Waals surface area contributed by atoms with Gasteiger partial charge in [0.2, 0.25) is 0 Å². The zero-order chi connectivity index (χ0) is 20.6. The molecule has 3 aromatic rings. The molecule has 2 radical (unpaired) electrons. The van der Waals surface area contributed by atoms with Crippen LogP contribution in [-0.2, 0) is 17.6 Å². The van der Waals surface area contributed by atoms with Crippen molar-refractivity contribution in [1.82, 2.24) is 4.30 Å². The van der Waals surface area contributed by atoms with Crippen molar-refractivity contribution in [3.63, 3.8) is 0 Å². The van der Waals surface area contributed by atoms with E-state index in [0.717, 1.165) is 24.2 Å². The Morgan fingerprint density at radius 1 is 0.931 bits per heavy atom. The van der Waals surface area contributed by atoms with E-state index in [-0.39, 0.29) is 12.4 Å². The number of halogens is 2. The molecule has 0 aliphatic heterocycles. The molecule has 0 aliphatic carbocycles. The number of nitrogens with one attached hydrogen (secondary N) is 2. The van der Waals surface area contributed by atoms with Crippen LogP contribution in [0, 0.1) is 0 Å². The van der Waals surface area contributed by atoms with Crippen LogP contribution in [0.4, 0.5) is 11.4 Å². The van der Waals surface area contributed by atoms with Gasteiger partial charge in [-0.2, -0.15) is 0 Å². The lowest BCUT2D eigenvalue weighted by Gasteiger charge is -2.14. The van der Waals surface area contributed by atoms with Gasteiger partial charge >= 0.3 is 5.97 Å². The molecule has 146 valence electrons. The van der Waals surface area contributed by atoms with Gasteiger partial charge in [-0.25, -0.2) is 0 Å². The lowest BCUT2D eigenvalue weighted by molar-refractivity contribution is -0.133. The van der Waals surface area contributed by atoms with Crippen LogP contribution in [0.5, 0.6) is 5.75 Å². The van der Waals surface area contributed by atoms with Crippen LogP contribution < -0.4 is 14.4 Å². The Balaban J connectivity index is 1.68. The Morgan fingerprint density at radius 3 is 2.31 bits per heavy atom. The summed E-state index contributed by atoms with van der Waals surface area (Å²) in [7, 11) is 0. The molecular weight excluding hydrogens is 422 g/mol. The summed E-state index contributed by atoms with van der Waals surface area (Å²) in [5, 5.41) is 4.24. The van der Waals surface area contributed by atoms with Crippen molar-refractivity contribution < 1.29 is 9.53 Å². The number of para-hydroxylation sites is 2. The molecule has 0 heterocycles. The minimum absolute atomic E-state index is 0.115. The van der Waals surface area contributed by atoms with E-state index in [1.165, 1.54) is 5.56 Å². The number of rotatable bonds is 8.